The smallest absolute Gasteiger partial charge is 0.356 e. The van der Waals surface area contributed by atoms with Gasteiger partial charge in [0.2, 0.25) is 0 Å². The maximum Gasteiger partial charge on any atom is 0.356 e. The highest BCUT2D eigenvalue weighted by Crippen LogP contribution is 2.46. The fourth-order valence-electron chi connectivity index (χ4n) is 2.69. The molecule has 2 heterocycles. The number of aromatic nitrogens is 2. The van der Waals surface area contributed by atoms with Gasteiger partial charge in [-0.2, -0.15) is 0 Å². The van der Waals surface area contributed by atoms with E-state index in [1.165, 1.54) is 11.1 Å². The largest absolute Gasteiger partial charge is 0.476 e. The Morgan fingerprint density at radius 1 is 1.09 bits per heavy atom. The summed E-state index contributed by atoms with van der Waals surface area (Å²) in [6, 6.07) is 18.3. The number of benzene rings is 2. The van der Waals surface area contributed by atoms with Crippen LogP contribution >= 0.6 is 11.8 Å². The molecule has 1 unspecified atom stereocenters. The molecule has 5 heteroatoms. The lowest BCUT2D eigenvalue weighted by Gasteiger charge is -2.26. The molecule has 4 nitrogen and oxygen atoms in total. The van der Waals surface area contributed by atoms with E-state index in [4.69, 9.17) is 0 Å². The first-order valence-corrected chi connectivity index (χ1v) is 7.75. The van der Waals surface area contributed by atoms with Gasteiger partial charge in [0.25, 0.3) is 0 Å². The van der Waals surface area contributed by atoms with Crippen molar-refractivity contribution in [2.75, 3.05) is 0 Å². The molecule has 0 amide bonds. The Morgan fingerprint density at radius 2 is 1.82 bits per heavy atom. The SMILES string of the molecule is O=C(O)c1cn2c(n1)SC(c1ccccc1)c1ccccc1-2. The molecular weight excluding hydrogens is 296 g/mol. The minimum absolute atomic E-state index is 0.0750. The number of carbonyl (C=O) groups is 1. The number of carboxylic acids is 1. The van der Waals surface area contributed by atoms with Gasteiger partial charge in [0.1, 0.15) is 0 Å². The van der Waals surface area contributed by atoms with Gasteiger partial charge in [-0.15, -0.1) is 0 Å². The quantitative estimate of drug-likeness (QED) is 0.783. The van der Waals surface area contributed by atoms with Crippen LogP contribution in [0.25, 0.3) is 5.69 Å². The highest BCUT2D eigenvalue weighted by molar-refractivity contribution is 7.99. The lowest BCUT2D eigenvalue weighted by Crippen LogP contribution is -2.10. The molecule has 1 aliphatic heterocycles. The number of aromatic carboxylic acids is 1. The molecule has 1 aromatic heterocycles. The van der Waals surface area contributed by atoms with Crippen molar-refractivity contribution in [3.63, 3.8) is 0 Å². The first kappa shape index (κ1) is 13.2. The zero-order valence-corrected chi connectivity index (χ0v) is 12.3. The van der Waals surface area contributed by atoms with Crippen LogP contribution in [0, 0.1) is 0 Å². The summed E-state index contributed by atoms with van der Waals surface area (Å²) >= 11 is 1.58. The number of thioether (sulfide) groups is 1. The lowest BCUT2D eigenvalue weighted by molar-refractivity contribution is 0.0690. The molecule has 0 fully saturated rings. The van der Waals surface area contributed by atoms with Gasteiger partial charge in [0.05, 0.1) is 10.9 Å². The third-order valence-electron chi connectivity index (χ3n) is 3.70. The van der Waals surface area contributed by atoms with Gasteiger partial charge >= 0.3 is 5.97 Å². The van der Waals surface area contributed by atoms with Gasteiger partial charge < -0.3 is 5.11 Å². The van der Waals surface area contributed by atoms with Crippen LogP contribution in [-0.4, -0.2) is 20.6 Å². The minimum Gasteiger partial charge on any atom is -0.476 e. The van der Waals surface area contributed by atoms with Crippen molar-refractivity contribution in [2.24, 2.45) is 0 Å². The van der Waals surface area contributed by atoms with Crippen molar-refractivity contribution < 1.29 is 9.90 Å². The number of hydrogen-bond donors (Lipinski definition) is 1. The van der Waals surface area contributed by atoms with E-state index in [0.717, 1.165) is 5.69 Å². The van der Waals surface area contributed by atoms with Crippen molar-refractivity contribution >= 4 is 17.7 Å². The molecule has 3 aromatic rings. The van der Waals surface area contributed by atoms with E-state index in [1.54, 1.807) is 18.0 Å². The number of imidazole rings is 1. The van der Waals surface area contributed by atoms with E-state index < -0.39 is 5.97 Å². The maximum atomic E-state index is 11.2. The minimum atomic E-state index is -1.00. The van der Waals surface area contributed by atoms with E-state index in [2.05, 4.69) is 23.2 Å². The summed E-state index contributed by atoms with van der Waals surface area (Å²) in [4.78, 5) is 15.4. The van der Waals surface area contributed by atoms with Crippen LogP contribution in [0.5, 0.6) is 0 Å². The topological polar surface area (TPSA) is 55.1 Å². The summed E-state index contributed by atoms with van der Waals surface area (Å²) in [5.74, 6) is -1.00. The van der Waals surface area contributed by atoms with E-state index in [1.807, 2.05) is 41.0 Å². The fraction of sp³-hybridized carbons (Fsp3) is 0.0588. The molecule has 1 atom stereocenters. The van der Waals surface area contributed by atoms with Gasteiger partial charge in [0.15, 0.2) is 10.9 Å². The lowest BCUT2D eigenvalue weighted by atomic mass is 10.0. The first-order chi connectivity index (χ1) is 10.7. The molecule has 0 aliphatic carbocycles. The van der Waals surface area contributed by atoms with Crippen molar-refractivity contribution in [3.05, 3.63) is 77.6 Å². The molecule has 22 heavy (non-hydrogen) atoms. The van der Waals surface area contributed by atoms with Gasteiger partial charge in [-0.05, 0) is 17.2 Å². The second-order valence-electron chi connectivity index (χ2n) is 5.05. The average molecular weight is 308 g/mol. The van der Waals surface area contributed by atoms with Crippen LogP contribution in [0.1, 0.15) is 26.9 Å². The molecule has 0 radical (unpaired) electrons. The third-order valence-corrected chi connectivity index (χ3v) is 4.96. The van der Waals surface area contributed by atoms with Crippen molar-refractivity contribution in [2.45, 2.75) is 10.4 Å². The molecule has 1 N–H and O–H groups in total. The Bertz CT molecular complexity index is 858. The molecule has 0 saturated carbocycles. The number of carboxylic acid groups (broad SMARTS) is 1. The Balaban J connectivity index is 1.90. The summed E-state index contributed by atoms with van der Waals surface area (Å²) < 4.78 is 1.86. The van der Waals surface area contributed by atoms with E-state index in [-0.39, 0.29) is 10.9 Å². The highest BCUT2D eigenvalue weighted by atomic mass is 32.2. The molecule has 2 aromatic carbocycles. The molecule has 0 saturated heterocycles. The normalized spacial score (nSPS) is 15.9. The average Bonchev–Trinajstić information content (AvgIpc) is 2.99. The van der Waals surface area contributed by atoms with Gasteiger partial charge in [-0.25, -0.2) is 9.78 Å². The zero-order chi connectivity index (χ0) is 15.1. The summed E-state index contributed by atoms with van der Waals surface area (Å²) in [6.45, 7) is 0. The van der Waals surface area contributed by atoms with Crippen LogP contribution in [0.2, 0.25) is 0 Å². The molecule has 108 valence electrons. The third kappa shape index (κ3) is 2.02. The maximum absolute atomic E-state index is 11.2. The van der Waals surface area contributed by atoms with Crippen LogP contribution in [-0.2, 0) is 0 Å². The second-order valence-corrected chi connectivity index (χ2v) is 6.12. The van der Waals surface area contributed by atoms with Gasteiger partial charge in [-0.3, -0.25) is 4.57 Å². The molecule has 0 bridgehead atoms. The van der Waals surface area contributed by atoms with Crippen molar-refractivity contribution in [3.8, 4) is 5.69 Å². The van der Waals surface area contributed by atoms with Gasteiger partial charge in [-0.1, -0.05) is 60.3 Å². The van der Waals surface area contributed by atoms with Gasteiger partial charge in [0, 0.05) is 6.20 Å². The van der Waals surface area contributed by atoms with Crippen LogP contribution < -0.4 is 0 Å². The number of para-hydroxylation sites is 1. The molecule has 0 spiro atoms. The van der Waals surface area contributed by atoms with Crippen LogP contribution in [0.3, 0.4) is 0 Å². The predicted octanol–water partition coefficient (Wildman–Crippen LogP) is 3.77. The Morgan fingerprint density at radius 3 is 2.59 bits per heavy atom. The summed E-state index contributed by atoms with van der Waals surface area (Å²) in [6.07, 6.45) is 1.59. The first-order valence-electron chi connectivity index (χ1n) is 6.87. The Hall–Kier alpha value is -2.53. The fourth-order valence-corrected chi connectivity index (χ4v) is 3.94. The number of nitrogens with zero attached hydrogens (tertiary/aromatic N) is 2. The second kappa shape index (κ2) is 5.03. The number of rotatable bonds is 2. The molecule has 4 rings (SSSR count). The zero-order valence-electron chi connectivity index (χ0n) is 11.5. The van der Waals surface area contributed by atoms with E-state index in [0.29, 0.717) is 5.16 Å². The molecular formula is C17H12N2O2S. The van der Waals surface area contributed by atoms with Crippen LogP contribution in [0.15, 0.2) is 66.0 Å². The van der Waals surface area contributed by atoms with Crippen molar-refractivity contribution in [1.82, 2.24) is 9.55 Å². The highest BCUT2D eigenvalue weighted by Gasteiger charge is 2.28. The summed E-state index contributed by atoms with van der Waals surface area (Å²) in [7, 11) is 0. The Kier molecular flexibility index (Phi) is 3.01. The number of hydrogen-bond acceptors (Lipinski definition) is 3. The monoisotopic (exact) mass is 308 g/mol. The van der Waals surface area contributed by atoms with Crippen molar-refractivity contribution in [1.29, 1.82) is 0 Å². The summed E-state index contributed by atoms with van der Waals surface area (Å²) in [5, 5.41) is 10.0. The van der Waals surface area contributed by atoms with E-state index in [9.17, 15) is 9.90 Å². The molecule has 1 aliphatic rings. The number of fused-ring (bicyclic) bond motifs is 3. The Labute approximate surface area is 131 Å². The summed E-state index contributed by atoms with van der Waals surface area (Å²) in [5.41, 5.74) is 3.42. The van der Waals surface area contributed by atoms with E-state index >= 15 is 0 Å². The van der Waals surface area contributed by atoms with Crippen LogP contribution in [0.4, 0.5) is 0 Å². The standard InChI is InChI=1S/C17H12N2O2S/c20-16(21)13-10-19-14-9-5-4-8-12(14)15(22-17(19)18-13)11-6-2-1-3-7-11/h1-10,15H,(H,20,21). The predicted molar refractivity (Wildman–Crippen MR) is 84.7 cm³/mol.